The van der Waals surface area contributed by atoms with E-state index < -0.39 is 0 Å². The number of nitrogens with one attached hydrogen (secondary N) is 1. The third-order valence-electron chi connectivity index (χ3n) is 3.88. The van der Waals surface area contributed by atoms with Gasteiger partial charge in [0, 0.05) is 12.2 Å². The fourth-order valence-corrected chi connectivity index (χ4v) is 2.80. The monoisotopic (exact) mass is 303 g/mol. The Labute approximate surface area is 134 Å². The van der Waals surface area contributed by atoms with Crippen LogP contribution in [0.5, 0.6) is 5.75 Å². The van der Waals surface area contributed by atoms with Crippen LogP contribution in [0.3, 0.4) is 0 Å². The summed E-state index contributed by atoms with van der Waals surface area (Å²) in [5.74, 6) is 2.08. The van der Waals surface area contributed by atoms with E-state index in [1.807, 2.05) is 38.1 Å². The van der Waals surface area contributed by atoms with Gasteiger partial charge in [-0.15, -0.1) is 0 Å². The molecule has 0 saturated heterocycles. The van der Waals surface area contributed by atoms with E-state index in [0.29, 0.717) is 11.4 Å². The molecule has 22 heavy (non-hydrogen) atoms. The van der Waals surface area contributed by atoms with E-state index in [1.54, 1.807) is 0 Å². The molecule has 0 aliphatic heterocycles. The Morgan fingerprint density at radius 3 is 2.36 bits per heavy atom. The highest BCUT2D eigenvalue weighted by atomic mass is 16.5. The zero-order chi connectivity index (χ0) is 16.2. The molecule has 0 aromatic heterocycles. The van der Waals surface area contributed by atoms with Crippen molar-refractivity contribution >= 4 is 11.6 Å². The van der Waals surface area contributed by atoms with Crippen LogP contribution in [0, 0.1) is 11.3 Å². The number of ether oxygens (including phenoxy) is 1. The lowest BCUT2D eigenvalue weighted by molar-refractivity contribution is 0.242. The lowest BCUT2D eigenvalue weighted by atomic mass is 9.94. The van der Waals surface area contributed by atoms with Crippen LogP contribution in [0.4, 0.5) is 5.69 Å². The number of benzene rings is 1. The van der Waals surface area contributed by atoms with Crippen molar-refractivity contribution in [3.8, 4) is 5.75 Å². The molecule has 1 fully saturated rings. The van der Waals surface area contributed by atoms with Crippen LogP contribution in [-0.2, 0) is 0 Å². The molecule has 4 heteroatoms. The highest BCUT2D eigenvalue weighted by Gasteiger charge is 2.42. The number of hydrogen-bond acceptors (Lipinski definition) is 2. The van der Waals surface area contributed by atoms with Gasteiger partial charge in [0.15, 0.2) is 5.96 Å². The maximum Gasteiger partial charge on any atom is 0.193 e. The first-order valence-electron chi connectivity index (χ1n) is 8.22. The summed E-state index contributed by atoms with van der Waals surface area (Å²) in [6, 6.07) is 7.80. The number of aliphatic imine (C=N–C) groups is 1. The number of anilines is 1. The molecule has 2 rings (SSSR count). The molecule has 0 atom stereocenters. The third kappa shape index (κ3) is 5.24. The van der Waals surface area contributed by atoms with E-state index in [2.05, 4.69) is 24.2 Å². The van der Waals surface area contributed by atoms with Crippen molar-refractivity contribution < 1.29 is 4.74 Å². The van der Waals surface area contributed by atoms with Crippen LogP contribution in [-0.4, -0.2) is 18.6 Å². The fraction of sp³-hybridized carbons (Fsp3) is 0.611. The average molecular weight is 303 g/mol. The topological polar surface area (TPSA) is 59.6 Å². The van der Waals surface area contributed by atoms with Gasteiger partial charge >= 0.3 is 0 Å². The number of rotatable bonds is 7. The zero-order valence-electron chi connectivity index (χ0n) is 14.2. The average Bonchev–Trinajstić information content (AvgIpc) is 3.17. The van der Waals surface area contributed by atoms with Gasteiger partial charge < -0.3 is 15.8 Å². The molecule has 1 aliphatic rings. The summed E-state index contributed by atoms with van der Waals surface area (Å²) in [7, 11) is 0. The van der Waals surface area contributed by atoms with Crippen molar-refractivity contribution in [3.63, 3.8) is 0 Å². The summed E-state index contributed by atoms with van der Waals surface area (Å²) < 4.78 is 5.62. The predicted molar refractivity (Wildman–Crippen MR) is 93.4 cm³/mol. The quantitative estimate of drug-likeness (QED) is 0.590. The Morgan fingerprint density at radius 2 is 1.86 bits per heavy atom. The SMILES string of the molecule is CC(C)CC1(CN=C(N)Nc2ccc(OC(C)C)cc2)CC1. The highest BCUT2D eigenvalue weighted by molar-refractivity contribution is 5.92. The molecule has 0 spiro atoms. The summed E-state index contributed by atoms with van der Waals surface area (Å²) in [4.78, 5) is 4.53. The van der Waals surface area contributed by atoms with E-state index in [0.717, 1.165) is 23.9 Å². The van der Waals surface area contributed by atoms with E-state index in [-0.39, 0.29) is 6.10 Å². The van der Waals surface area contributed by atoms with Gasteiger partial charge in [-0.2, -0.15) is 0 Å². The molecule has 1 aliphatic carbocycles. The Kier molecular flexibility index (Phi) is 5.33. The van der Waals surface area contributed by atoms with Gasteiger partial charge in [-0.3, -0.25) is 4.99 Å². The molecule has 4 nitrogen and oxygen atoms in total. The predicted octanol–water partition coefficient (Wildman–Crippen LogP) is 4.03. The number of hydrogen-bond donors (Lipinski definition) is 2. The molecule has 1 saturated carbocycles. The minimum Gasteiger partial charge on any atom is -0.491 e. The first-order valence-corrected chi connectivity index (χ1v) is 8.22. The summed E-state index contributed by atoms with van der Waals surface area (Å²) in [5, 5.41) is 3.15. The maximum absolute atomic E-state index is 6.00. The molecule has 3 N–H and O–H groups in total. The van der Waals surface area contributed by atoms with Gasteiger partial charge in [-0.1, -0.05) is 13.8 Å². The lowest BCUT2D eigenvalue weighted by Gasteiger charge is -2.15. The Hall–Kier alpha value is -1.71. The van der Waals surface area contributed by atoms with E-state index >= 15 is 0 Å². The first-order chi connectivity index (χ1) is 10.4. The molecule has 0 heterocycles. The summed E-state index contributed by atoms with van der Waals surface area (Å²) >= 11 is 0. The lowest BCUT2D eigenvalue weighted by Crippen LogP contribution is -2.24. The van der Waals surface area contributed by atoms with Crippen molar-refractivity contribution in [2.24, 2.45) is 22.1 Å². The molecule has 1 aromatic carbocycles. The van der Waals surface area contributed by atoms with Crippen LogP contribution in [0.2, 0.25) is 0 Å². The number of nitrogens with zero attached hydrogens (tertiary/aromatic N) is 1. The van der Waals surface area contributed by atoms with Crippen molar-refractivity contribution in [2.75, 3.05) is 11.9 Å². The minimum atomic E-state index is 0.182. The third-order valence-corrected chi connectivity index (χ3v) is 3.88. The molecule has 0 radical (unpaired) electrons. The molecule has 122 valence electrons. The van der Waals surface area contributed by atoms with Gasteiger partial charge in [0.2, 0.25) is 0 Å². The Bertz CT molecular complexity index is 502. The van der Waals surface area contributed by atoms with Gasteiger partial charge in [0.1, 0.15) is 5.75 Å². The molecular weight excluding hydrogens is 274 g/mol. The standard InChI is InChI=1S/C18H29N3O/c1-13(2)11-18(9-10-18)12-20-17(19)21-15-5-7-16(8-6-15)22-14(3)4/h5-8,13-14H,9-12H2,1-4H3,(H3,19,20,21). The molecule has 0 bridgehead atoms. The smallest absolute Gasteiger partial charge is 0.193 e. The molecule has 1 aromatic rings. The van der Waals surface area contributed by atoms with Crippen molar-refractivity contribution in [1.29, 1.82) is 0 Å². The molecule has 0 unspecified atom stereocenters. The maximum atomic E-state index is 6.00. The van der Waals surface area contributed by atoms with E-state index in [1.165, 1.54) is 19.3 Å². The van der Waals surface area contributed by atoms with E-state index in [9.17, 15) is 0 Å². The summed E-state index contributed by atoms with van der Waals surface area (Å²) in [6.45, 7) is 9.40. The Balaban J connectivity index is 1.86. The van der Waals surface area contributed by atoms with Crippen LogP contribution in [0.25, 0.3) is 0 Å². The van der Waals surface area contributed by atoms with Crippen LogP contribution >= 0.6 is 0 Å². The summed E-state index contributed by atoms with van der Waals surface area (Å²) in [6.07, 6.45) is 3.98. The fourth-order valence-electron chi connectivity index (χ4n) is 2.80. The second kappa shape index (κ2) is 7.03. The largest absolute Gasteiger partial charge is 0.491 e. The van der Waals surface area contributed by atoms with Crippen molar-refractivity contribution in [2.45, 2.75) is 53.1 Å². The first kappa shape index (κ1) is 16.7. The van der Waals surface area contributed by atoms with Gasteiger partial charge in [0.25, 0.3) is 0 Å². The van der Waals surface area contributed by atoms with Crippen LogP contribution in [0.15, 0.2) is 29.3 Å². The highest BCUT2D eigenvalue weighted by Crippen LogP contribution is 2.50. The zero-order valence-corrected chi connectivity index (χ0v) is 14.2. The van der Waals surface area contributed by atoms with Gasteiger partial charge in [0.05, 0.1) is 6.10 Å². The van der Waals surface area contributed by atoms with Crippen LogP contribution in [0.1, 0.15) is 47.0 Å². The number of nitrogens with two attached hydrogens (primary N) is 1. The second-order valence-electron chi connectivity index (χ2n) is 7.12. The number of guanidine groups is 1. The molecular formula is C18H29N3O. The normalized spacial score (nSPS) is 16.9. The molecule has 0 amide bonds. The second-order valence-corrected chi connectivity index (χ2v) is 7.12. The van der Waals surface area contributed by atoms with Crippen molar-refractivity contribution in [1.82, 2.24) is 0 Å². The Morgan fingerprint density at radius 1 is 1.23 bits per heavy atom. The van der Waals surface area contributed by atoms with E-state index in [4.69, 9.17) is 10.5 Å². The summed E-state index contributed by atoms with van der Waals surface area (Å²) in [5.41, 5.74) is 7.35. The van der Waals surface area contributed by atoms with Gasteiger partial charge in [-0.05, 0) is 68.7 Å². The van der Waals surface area contributed by atoms with Crippen LogP contribution < -0.4 is 15.8 Å². The van der Waals surface area contributed by atoms with Crippen molar-refractivity contribution in [3.05, 3.63) is 24.3 Å². The van der Waals surface area contributed by atoms with Gasteiger partial charge in [-0.25, -0.2) is 0 Å². The minimum absolute atomic E-state index is 0.182.